The number of carbonyl (C=O) groups is 3. The summed E-state index contributed by atoms with van der Waals surface area (Å²) in [6, 6.07) is 0. The molecule has 0 bridgehead atoms. The number of rotatable bonds is 7. The van der Waals surface area contributed by atoms with Gasteiger partial charge < -0.3 is 14.5 Å². The maximum absolute atomic E-state index is 12.1. The molecule has 6 heteroatoms. The summed E-state index contributed by atoms with van der Waals surface area (Å²) in [7, 11) is 0. The molecule has 0 spiro atoms. The number of hydrogen-bond acceptors (Lipinski definition) is 5. The number of ketones is 1. The number of nitrogens with one attached hydrogen (secondary N) is 1. The summed E-state index contributed by atoms with van der Waals surface area (Å²) in [6.45, 7) is 6.71. The van der Waals surface area contributed by atoms with E-state index in [4.69, 9.17) is 9.47 Å². The number of esters is 2. The fraction of sp³-hybridized carbons (Fsp3) is 0.353. The molecule has 0 saturated heterocycles. The summed E-state index contributed by atoms with van der Waals surface area (Å²) in [5.41, 5.74) is 1.63. The third-order valence-corrected chi connectivity index (χ3v) is 3.08. The van der Waals surface area contributed by atoms with Crippen molar-refractivity contribution in [3.63, 3.8) is 0 Å². The van der Waals surface area contributed by atoms with Crippen molar-refractivity contribution in [2.75, 3.05) is 13.2 Å². The second-order valence-corrected chi connectivity index (χ2v) is 4.76. The number of aromatic nitrogens is 1. The Kier molecular flexibility index (Phi) is 6.99. The zero-order chi connectivity index (χ0) is 17.4. The minimum atomic E-state index is -0.608. The normalized spacial score (nSPS) is 11.1. The van der Waals surface area contributed by atoms with Crippen molar-refractivity contribution in [3.05, 3.63) is 46.8 Å². The molecule has 0 atom stereocenters. The van der Waals surface area contributed by atoms with Gasteiger partial charge in [0.05, 0.1) is 17.9 Å². The fourth-order valence-corrected chi connectivity index (χ4v) is 2.04. The van der Waals surface area contributed by atoms with Crippen LogP contribution in [0.15, 0.2) is 24.3 Å². The molecule has 6 nitrogen and oxygen atoms in total. The summed E-state index contributed by atoms with van der Waals surface area (Å²) in [5, 5.41) is 0. The predicted molar refractivity (Wildman–Crippen MR) is 85.5 cm³/mol. The van der Waals surface area contributed by atoms with Crippen LogP contribution in [0.2, 0.25) is 0 Å². The van der Waals surface area contributed by atoms with Crippen LogP contribution in [0.5, 0.6) is 0 Å². The van der Waals surface area contributed by atoms with E-state index < -0.39 is 24.3 Å². The molecular weight excluding hydrogens is 298 g/mol. The smallest absolute Gasteiger partial charge is 0.340 e. The predicted octanol–water partition coefficient (Wildman–Crippen LogP) is 2.67. The second kappa shape index (κ2) is 8.73. The van der Waals surface area contributed by atoms with E-state index in [1.807, 2.05) is 6.92 Å². The Hall–Kier alpha value is -2.63. The largest absolute Gasteiger partial charge is 0.462 e. The molecule has 0 aliphatic heterocycles. The van der Waals surface area contributed by atoms with Crippen molar-refractivity contribution in [1.82, 2.24) is 4.98 Å². The van der Waals surface area contributed by atoms with Gasteiger partial charge in [-0.2, -0.15) is 0 Å². The second-order valence-electron chi connectivity index (χ2n) is 4.76. The Labute approximate surface area is 135 Å². The summed E-state index contributed by atoms with van der Waals surface area (Å²) >= 11 is 0. The Bertz CT molecular complexity index is 652. The highest BCUT2D eigenvalue weighted by Gasteiger charge is 2.23. The highest BCUT2D eigenvalue weighted by Crippen LogP contribution is 2.19. The van der Waals surface area contributed by atoms with Gasteiger partial charge in [0.25, 0.3) is 0 Å². The molecule has 124 valence electrons. The van der Waals surface area contributed by atoms with E-state index in [1.165, 1.54) is 12.2 Å². The summed E-state index contributed by atoms with van der Waals surface area (Å²) in [6.07, 6.45) is 6.18. The van der Waals surface area contributed by atoms with E-state index in [2.05, 4.69) is 4.98 Å². The van der Waals surface area contributed by atoms with Crippen LogP contribution in [-0.2, 0) is 14.3 Å². The van der Waals surface area contributed by atoms with Crippen molar-refractivity contribution in [1.29, 1.82) is 0 Å². The molecule has 1 rings (SSSR count). The first-order valence-electron chi connectivity index (χ1n) is 7.27. The lowest BCUT2D eigenvalue weighted by atomic mass is 10.1. The number of ether oxygens (including phenoxy) is 2. The first kappa shape index (κ1) is 18.4. The number of aryl methyl sites for hydroxylation is 1. The van der Waals surface area contributed by atoms with Crippen LogP contribution in [0.4, 0.5) is 0 Å². The van der Waals surface area contributed by atoms with E-state index in [1.54, 1.807) is 32.9 Å². The van der Waals surface area contributed by atoms with Gasteiger partial charge in [0.2, 0.25) is 5.78 Å². The third-order valence-electron chi connectivity index (χ3n) is 3.08. The van der Waals surface area contributed by atoms with E-state index in [9.17, 15) is 14.4 Å². The van der Waals surface area contributed by atoms with Crippen LogP contribution in [0.1, 0.15) is 46.0 Å². The average Bonchev–Trinajstić information content (AvgIpc) is 2.80. The summed E-state index contributed by atoms with van der Waals surface area (Å²) in [5.74, 6) is -1.50. The van der Waals surface area contributed by atoms with Crippen LogP contribution in [-0.4, -0.2) is 35.9 Å². The fourth-order valence-electron chi connectivity index (χ4n) is 2.04. The maximum Gasteiger partial charge on any atom is 0.340 e. The molecule has 0 saturated carbocycles. The minimum absolute atomic E-state index is 0.246. The number of aromatic amines is 1. The SMILES string of the molecule is CC=CC=CC(=O)OCC(=O)c1[nH]c(C)c(C(=O)OCC)c1C. The number of carbonyl (C=O) groups excluding carboxylic acids is 3. The van der Waals surface area contributed by atoms with Gasteiger partial charge in [0.1, 0.15) is 0 Å². The van der Waals surface area contributed by atoms with Crippen molar-refractivity contribution in [2.24, 2.45) is 0 Å². The van der Waals surface area contributed by atoms with Crippen molar-refractivity contribution in [2.45, 2.75) is 27.7 Å². The quantitative estimate of drug-likeness (QED) is 0.361. The molecule has 0 aromatic carbocycles. The Morgan fingerprint density at radius 3 is 2.43 bits per heavy atom. The van der Waals surface area contributed by atoms with Crippen LogP contribution in [0.3, 0.4) is 0 Å². The van der Waals surface area contributed by atoms with Gasteiger partial charge in [0.15, 0.2) is 6.61 Å². The zero-order valence-electron chi connectivity index (χ0n) is 13.8. The first-order valence-corrected chi connectivity index (χ1v) is 7.27. The van der Waals surface area contributed by atoms with Gasteiger partial charge in [0, 0.05) is 11.8 Å². The van der Waals surface area contributed by atoms with E-state index in [0.717, 1.165) is 0 Å². The molecule has 0 amide bonds. The molecule has 0 aliphatic carbocycles. The maximum atomic E-state index is 12.1. The van der Waals surface area contributed by atoms with Crippen LogP contribution in [0, 0.1) is 13.8 Å². The van der Waals surface area contributed by atoms with Gasteiger partial charge in [-0.3, -0.25) is 4.79 Å². The molecule has 1 heterocycles. The molecule has 23 heavy (non-hydrogen) atoms. The van der Waals surface area contributed by atoms with Gasteiger partial charge >= 0.3 is 11.9 Å². The molecule has 0 unspecified atom stereocenters. The average molecular weight is 319 g/mol. The number of hydrogen-bond donors (Lipinski definition) is 1. The Morgan fingerprint density at radius 2 is 1.83 bits per heavy atom. The monoisotopic (exact) mass is 319 g/mol. The van der Waals surface area contributed by atoms with Crippen LogP contribution in [0.25, 0.3) is 0 Å². The standard InChI is InChI=1S/C17H21NO5/c1-5-7-8-9-14(20)23-10-13(19)16-11(3)15(12(4)18-16)17(21)22-6-2/h5,7-9,18H,6,10H2,1-4H3. The molecule has 1 N–H and O–H groups in total. The number of Topliss-reactive ketones (excluding diaryl/α,β-unsaturated/α-hetero) is 1. The molecule has 1 aromatic heterocycles. The van der Waals surface area contributed by atoms with Crippen molar-refractivity contribution < 1.29 is 23.9 Å². The van der Waals surface area contributed by atoms with Gasteiger partial charge in [-0.15, -0.1) is 0 Å². The Morgan fingerprint density at radius 1 is 1.13 bits per heavy atom. The molecule has 0 radical (unpaired) electrons. The van der Waals surface area contributed by atoms with E-state index >= 15 is 0 Å². The highest BCUT2D eigenvalue weighted by molar-refractivity contribution is 6.02. The van der Waals surface area contributed by atoms with E-state index in [0.29, 0.717) is 16.8 Å². The minimum Gasteiger partial charge on any atom is -0.462 e. The van der Waals surface area contributed by atoms with Crippen molar-refractivity contribution in [3.8, 4) is 0 Å². The third kappa shape index (κ3) is 4.95. The number of H-pyrrole nitrogens is 1. The molecule has 1 aromatic rings. The van der Waals surface area contributed by atoms with Crippen molar-refractivity contribution >= 4 is 17.7 Å². The molecule has 0 aliphatic rings. The van der Waals surface area contributed by atoms with E-state index in [-0.39, 0.29) is 12.3 Å². The van der Waals surface area contributed by atoms with Gasteiger partial charge in [-0.25, -0.2) is 9.59 Å². The topological polar surface area (TPSA) is 85.5 Å². The van der Waals surface area contributed by atoms with Crippen LogP contribution >= 0.6 is 0 Å². The van der Waals surface area contributed by atoms with Crippen LogP contribution < -0.4 is 0 Å². The molecule has 0 fully saturated rings. The number of allylic oxidation sites excluding steroid dienone is 3. The zero-order valence-corrected chi connectivity index (χ0v) is 13.8. The summed E-state index contributed by atoms with van der Waals surface area (Å²) < 4.78 is 9.84. The van der Waals surface area contributed by atoms with Gasteiger partial charge in [-0.05, 0) is 33.3 Å². The Balaban J connectivity index is 2.80. The lowest BCUT2D eigenvalue weighted by Crippen LogP contribution is -2.14. The molecular formula is C17H21NO5. The summed E-state index contributed by atoms with van der Waals surface area (Å²) in [4.78, 5) is 38.3. The van der Waals surface area contributed by atoms with Gasteiger partial charge in [-0.1, -0.05) is 18.2 Å². The first-order chi connectivity index (χ1) is 10.9. The lowest BCUT2D eigenvalue weighted by molar-refractivity contribution is -0.136. The lowest BCUT2D eigenvalue weighted by Gasteiger charge is -2.03. The highest BCUT2D eigenvalue weighted by atomic mass is 16.5.